The van der Waals surface area contributed by atoms with Gasteiger partial charge in [0.25, 0.3) is 5.91 Å². The van der Waals surface area contributed by atoms with Crippen LogP contribution < -0.4 is 5.32 Å². The summed E-state index contributed by atoms with van der Waals surface area (Å²) in [6.07, 6.45) is 2.86. The lowest BCUT2D eigenvalue weighted by molar-refractivity contribution is 0.0942. The first kappa shape index (κ1) is 13.5. The molecular formula is C12H18ClNOS. The van der Waals surface area contributed by atoms with E-state index in [0.29, 0.717) is 5.88 Å². The summed E-state index contributed by atoms with van der Waals surface area (Å²) >= 11 is 7.18. The van der Waals surface area contributed by atoms with Crippen molar-refractivity contribution in [1.82, 2.24) is 5.32 Å². The van der Waals surface area contributed by atoms with Crippen LogP contribution in [0.15, 0.2) is 12.1 Å². The Morgan fingerprint density at radius 1 is 1.56 bits per heavy atom. The molecule has 1 heterocycles. The molecule has 0 saturated carbocycles. The summed E-state index contributed by atoms with van der Waals surface area (Å²) < 4.78 is 0. The molecule has 1 aromatic rings. The predicted molar refractivity (Wildman–Crippen MR) is 70.6 cm³/mol. The van der Waals surface area contributed by atoms with Crippen molar-refractivity contribution in [2.24, 2.45) is 0 Å². The smallest absolute Gasteiger partial charge is 0.261 e. The first-order valence-electron chi connectivity index (χ1n) is 5.63. The van der Waals surface area contributed by atoms with Gasteiger partial charge in [0.15, 0.2) is 0 Å². The van der Waals surface area contributed by atoms with E-state index in [1.165, 1.54) is 4.88 Å². The summed E-state index contributed by atoms with van der Waals surface area (Å²) in [5.41, 5.74) is 0. The lowest BCUT2D eigenvalue weighted by atomic mass is 10.2. The van der Waals surface area contributed by atoms with E-state index < -0.39 is 0 Å². The number of carbonyl (C=O) groups excluding carboxylic acids is 1. The second kappa shape index (κ2) is 6.92. The lowest BCUT2D eigenvalue weighted by Crippen LogP contribution is -2.31. The highest BCUT2D eigenvalue weighted by Crippen LogP contribution is 2.17. The van der Waals surface area contributed by atoms with Crippen LogP contribution in [0.2, 0.25) is 0 Å². The zero-order chi connectivity index (χ0) is 12.0. The molecular weight excluding hydrogens is 242 g/mol. The third kappa shape index (κ3) is 4.14. The molecule has 4 heteroatoms. The Morgan fingerprint density at radius 2 is 2.31 bits per heavy atom. The van der Waals surface area contributed by atoms with E-state index in [2.05, 4.69) is 12.2 Å². The van der Waals surface area contributed by atoms with Gasteiger partial charge in [0.2, 0.25) is 0 Å². The SMILES string of the molecule is CCc1ccc(C(=O)NC(C)CCCCl)s1. The average Bonchev–Trinajstić information content (AvgIpc) is 2.74. The summed E-state index contributed by atoms with van der Waals surface area (Å²) in [6, 6.07) is 4.11. The zero-order valence-electron chi connectivity index (χ0n) is 9.75. The van der Waals surface area contributed by atoms with Crippen molar-refractivity contribution in [3.63, 3.8) is 0 Å². The molecule has 1 rings (SSSR count). The minimum atomic E-state index is 0.0340. The zero-order valence-corrected chi connectivity index (χ0v) is 11.3. The van der Waals surface area contributed by atoms with Crippen molar-refractivity contribution in [2.45, 2.75) is 39.2 Å². The fourth-order valence-corrected chi connectivity index (χ4v) is 2.45. The Morgan fingerprint density at radius 3 is 2.88 bits per heavy atom. The minimum absolute atomic E-state index is 0.0340. The maximum atomic E-state index is 11.8. The van der Waals surface area contributed by atoms with Gasteiger partial charge in [-0.1, -0.05) is 6.92 Å². The van der Waals surface area contributed by atoms with E-state index in [1.54, 1.807) is 11.3 Å². The van der Waals surface area contributed by atoms with Gasteiger partial charge in [-0.15, -0.1) is 22.9 Å². The van der Waals surface area contributed by atoms with Crippen molar-refractivity contribution >= 4 is 28.8 Å². The van der Waals surface area contributed by atoms with Crippen LogP contribution in [0.5, 0.6) is 0 Å². The maximum absolute atomic E-state index is 11.8. The Balaban J connectivity index is 2.45. The molecule has 0 bridgehead atoms. The van der Waals surface area contributed by atoms with E-state index in [4.69, 9.17) is 11.6 Å². The number of alkyl halides is 1. The molecule has 90 valence electrons. The van der Waals surface area contributed by atoms with Gasteiger partial charge in [0, 0.05) is 16.8 Å². The fraction of sp³-hybridized carbons (Fsp3) is 0.583. The van der Waals surface area contributed by atoms with E-state index in [-0.39, 0.29) is 11.9 Å². The summed E-state index contributed by atoms with van der Waals surface area (Å²) in [5.74, 6) is 0.686. The molecule has 0 spiro atoms. The molecule has 0 aliphatic carbocycles. The fourth-order valence-electron chi connectivity index (χ4n) is 1.44. The number of hydrogen-bond donors (Lipinski definition) is 1. The summed E-state index contributed by atoms with van der Waals surface area (Å²) in [5, 5.41) is 2.98. The van der Waals surface area contributed by atoms with Crippen molar-refractivity contribution in [2.75, 3.05) is 5.88 Å². The van der Waals surface area contributed by atoms with Crippen molar-refractivity contribution in [3.05, 3.63) is 21.9 Å². The van der Waals surface area contributed by atoms with Crippen molar-refractivity contribution < 1.29 is 4.79 Å². The standard InChI is InChI=1S/C12H18ClNOS/c1-3-10-6-7-11(16-10)12(15)14-9(2)5-4-8-13/h6-7,9H,3-5,8H2,1-2H3,(H,14,15). The van der Waals surface area contributed by atoms with Crippen molar-refractivity contribution in [1.29, 1.82) is 0 Å². The van der Waals surface area contributed by atoms with Crippen LogP contribution in [0.25, 0.3) is 0 Å². The van der Waals surface area contributed by atoms with Crippen LogP contribution in [-0.2, 0) is 6.42 Å². The monoisotopic (exact) mass is 259 g/mol. The van der Waals surface area contributed by atoms with Gasteiger partial charge in [-0.2, -0.15) is 0 Å². The summed E-state index contributed by atoms with van der Waals surface area (Å²) in [6.45, 7) is 4.11. The minimum Gasteiger partial charge on any atom is -0.349 e. The van der Waals surface area contributed by atoms with Gasteiger partial charge in [0.1, 0.15) is 0 Å². The van der Waals surface area contributed by atoms with E-state index in [9.17, 15) is 4.79 Å². The second-order valence-corrected chi connectivity index (χ2v) is 5.37. The highest BCUT2D eigenvalue weighted by molar-refractivity contribution is 7.14. The maximum Gasteiger partial charge on any atom is 0.261 e. The van der Waals surface area contributed by atoms with Crippen LogP contribution in [0.3, 0.4) is 0 Å². The Kier molecular flexibility index (Phi) is 5.85. The Bertz CT molecular complexity index is 338. The molecule has 0 aliphatic heterocycles. The number of hydrogen-bond acceptors (Lipinski definition) is 2. The molecule has 1 aromatic heterocycles. The Hall–Kier alpha value is -0.540. The molecule has 1 N–H and O–H groups in total. The van der Waals surface area contributed by atoms with Gasteiger partial charge in [-0.25, -0.2) is 0 Å². The summed E-state index contributed by atoms with van der Waals surface area (Å²) in [7, 11) is 0. The molecule has 1 unspecified atom stereocenters. The highest BCUT2D eigenvalue weighted by Gasteiger charge is 2.11. The molecule has 0 fully saturated rings. The highest BCUT2D eigenvalue weighted by atomic mass is 35.5. The number of amides is 1. The molecule has 0 radical (unpaired) electrons. The van der Waals surface area contributed by atoms with Crippen LogP contribution in [0.1, 0.15) is 41.2 Å². The van der Waals surface area contributed by atoms with Gasteiger partial charge in [0.05, 0.1) is 4.88 Å². The van der Waals surface area contributed by atoms with Crippen LogP contribution >= 0.6 is 22.9 Å². The molecule has 0 aliphatic rings. The van der Waals surface area contributed by atoms with Crippen molar-refractivity contribution in [3.8, 4) is 0 Å². The van der Waals surface area contributed by atoms with E-state index >= 15 is 0 Å². The normalized spacial score (nSPS) is 12.4. The van der Waals surface area contributed by atoms with Gasteiger partial charge in [-0.3, -0.25) is 4.79 Å². The van der Waals surface area contributed by atoms with Crippen LogP contribution in [0.4, 0.5) is 0 Å². The van der Waals surface area contributed by atoms with Gasteiger partial charge >= 0.3 is 0 Å². The Labute approximate surface area is 106 Å². The molecule has 0 saturated heterocycles. The quantitative estimate of drug-likeness (QED) is 0.779. The van der Waals surface area contributed by atoms with Gasteiger partial charge in [-0.05, 0) is 38.3 Å². The second-order valence-electron chi connectivity index (χ2n) is 3.83. The third-order valence-electron chi connectivity index (χ3n) is 2.38. The first-order valence-corrected chi connectivity index (χ1v) is 6.98. The molecule has 2 nitrogen and oxygen atoms in total. The number of aryl methyl sites for hydroxylation is 1. The first-order chi connectivity index (χ1) is 7.67. The van der Waals surface area contributed by atoms with E-state index in [1.807, 2.05) is 19.1 Å². The number of rotatable bonds is 6. The predicted octanol–water partition coefficient (Wildman–Crippen LogP) is 3.45. The molecule has 1 atom stereocenters. The average molecular weight is 260 g/mol. The molecule has 16 heavy (non-hydrogen) atoms. The van der Waals surface area contributed by atoms with Gasteiger partial charge < -0.3 is 5.32 Å². The van der Waals surface area contributed by atoms with Crippen LogP contribution in [-0.4, -0.2) is 17.8 Å². The number of thiophene rings is 1. The van der Waals surface area contributed by atoms with Crippen LogP contribution in [0, 0.1) is 0 Å². The largest absolute Gasteiger partial charge is 0.349 e. The molecule has 0 aromatic carbocycles. The lowest BCUT2D eigenvalue weighted by Gasteiger charge is -2.11. The topological polar surface area (TPSA) is 29.1 Å². The molecule has 1 amide bonds. The number of halogens is 1. The summed E-state index contributed by atoms with van der Waals surface area (Å²) in [4.78, 5) is 13.9. The third-order valence-corrected chi connectivity index (χ3v) is 3.88. The number of nitrogens with one attached hydrogen (secondary N) is 1. The van der Waals surface area contributed by atoms with E-state index in [0.717, 1.165) is 24.1 Å². The number of carbonyl (C=O) groups is 1.